The van der Waals surface area contributed by atoms with Gasteiger partial charge in [-0.1, -0.05) is 0 Å². The molecule has 0 saturated heterocycles. The smallest absolute Gasteiger partial charge is 0.225 e. The summed E-state index contributed by atoms with van der Waals surface area (Å²) in [7, 11) is 0. The van der Waals surface area contributed by atoms with Crippen LogP contribution in [0.1, 0.15) is 25.3 Å². The van der Waals surface area contributed by atoms with Crippen molar-refractivity contribution in [3.63, 3.8) is 0 Å². The predicted octanol–water partition coefficient (Wildman–Crippen LogP) is 1.75. The van der Waals surface area contributed by atoms with Crippen molar-refractivity contribution >= 4 is 5.91 Å². The van der Waals surface area contributed by atoms with Gasteiger partial charge in [-0.25, -0.2) is 8.78 Å². The molecule has 0 bridgehead atoms. The number of rotatable bonds is 5. The van der Waals surface area contributed by atoms with Crippen molar-refractivity contribution in [2.24, 2.45) is 11.7 Å². The molecule has 0 radical (unpaired) electrons. The van der Waals surface area contributed by atoms with Crippen LogP contribution >= 0.6 is 0 Å². The third-order valence-electron chi connectivity index (χ3n) is 3.69. The van der Waals surface area contributed by atoms with E-state index in [0.29, 0.717) is 12.5 Å². The fraction of sp³-hybridized carbons (Fsp3) is 0.500. The first-order valence-electron chi connectivity index (χ1n) is 6.39. The third-order valence-corrected chi connectivity index (χ3v) is 3.69. The summed E-state index contributed by atoms with van der Waals surface area (Å²) in [6.45, 7) is 2.24. The largest absolute Gasteiger partial charge is 0.349 e. The van der Waals surface area contributed by atoms with Gasteiger partial charge in [0, 0.05) is 12.1 Å². The average molecular weight is 268 g/mol. The van der Waals surface area contributed by atoms with Gasteiger partial charge in [-0.15, -0.1) is 0 Å². The molecule has 1 atom stereocenters. The molecule has 1 aromatic rings. The maximum absolute atomic E-state index is 13.4. The number of nitrogens with one attached hydrogen (secondary N) is 1. The number of carbonyl (C=O) groups excluding carboxylic acids is 1. The van der Waals surface area contributed by atoms with Gasteiger partial charge in [0.15, 0.2) is 0 Å². The number of halogens is 2. The van der Waals surface area contributed by atoms with Crippen molar-refractivity contribution in [1.82, 2.24) is 5.32 Å². The summed E-state index contributed by atoms with van der Waals surface area (Å²) < 4.78 is 26.5. The summed E-state index contributed by atoms with van der Waals surface area (Å²) in [6.07, 6.45) is 1.91. The molecular formula is C14H18F2N2O. The Bertz CT molecular complexity index is 488. The first-order chi connectivity index (χ1) is 8.94. The molecule has 1 aliphatic carbocycles. The number of benzene rings is 1. The average Bonchev–Trinajstić information content (AvgIpc) is 3.18. The summed E-state index contributed by atoms with van der Waals surface area (Å²) in [5.74, 6) is -1.06. The highest BCUT2D eigenvalue weighted by Crippen LogP contribution is 2.38. The Hall–Kier alpha value is -1.49. The van der Waals surface area contributed by atoms with Crippen molar-refractivity contribution in [3.8, 4) is 0 Å². The number of amides is 1. The van der Waals surface area contributed by atoms with Crippen LogP contribution in [0.2, 0.25) is 0 Å². The molecule has 0 spiro atoms. The van der Waals surface area contributed by atoms with Gasteiger partial charge in [0.2, 0.25) is 5.91 Å². The normalized spacial score (nSPS) is 17.9. The molecule has 1 aromatic carbocycles. The Balaban J connectivity index is 2.02. The van der Waals surface area contributed by atoms with E-state index in [-0.39, 0.29) is 17.9 Å². The van der Waals surface area contributed by atoms with Crippen molar-refractivity contribution in [1.29, 1.82) is 0 Å². The standard InChI is InChI=1S/C14H18F2N2O/c1-14(8-17,10-2-3-10)18-13(19)7-9-6-11(15)4-5-12(9)16/h4-6,10H,2-3,7-8,17H2,1H3,(H,18,19). The first kappa shape index (κ1) is 13.9. The highest BCUT2D eigenvalue weighted by Gasteiger charge is 2.41. The Morgan fingerprint density at radius 3 is 2.74 bits per heavy atom. The molecule has 3 N–H and O–H groups in total. The molecule has 19 heavy (non-hydrogen) atoms. The number of hydrogen-bond acceptors (Lipinski definition) is 2. The molecule has 1 unspecified atom stereocenters. The summed E-state index contributed by atoms with van der Waals surface area (Å²) in [5.41, 5.74) is 5.31. The summed E-state index contributed by atoms with van der Waals surface area (Å²) in [4.78, 5) is 11.9. The zero-order valence-electron chi connectivity index (χ0n) is 10.9. The molecule has 0 aliphatic heterocycles. The van der Waals surface area contributed by atoms with E-state index in [1.54, 1.807) is 0 Å². The van der Waals surface area contributed by atoms with E-state index in [0.717, 1.165) is 31.0 Å². The molecule has 1 aliphatic rings. The van der Waals surface area contributed by atoms with Gasteiger partial charge in [-0.2, -0.15) is 0 Å². The van der Waals surface area contributed by atoms with Gasteiger partial charge >= 0.3 is 0 Å². The minimum atomic E-state index is -0.572. The van der Waals surface area contributed by atoms with Crippen LogP contribution in [-0.4, -0.2) is 18.0 Å². The summed E-state index contributed by atoms with van der Waals surface area (Å²) in [6, 6.07) is 3.11. The molecule has 3 nitrogen and oxygen atoms in total. The van der Waals surface area contributed by atoms with Crippen LogP contribution in [0.4, 0.5) is 8.78 Å². The Labute approximate surface area is 111 Å². The monoisotopic (exact) mass is 268 g/mol. The van der Waals surface area contributed by atoms with E-state index in [1.165, 1.54) is 0 Å². The van der Waals surface area contributed by atoms with E-state index >= 15 is 0 Å². The van der Waals surface area contributed by atoms with E-state index in [1.807, 2.05) is 6.92 Å². The zero-order chi connectivity index (χ0) is 14.0. The second-order valence-corrected chi connectivity index (χ2v) is 5.36. The first-order valence-corrected chi connectivity index (χ1v) is 6.39. The second-order valence-electron chi connectivity index (χ2n) is 5.36. The van der Waals surface area contributed by atoms with Crippen LogP contribution in [0.3, 0.4) is 0 Å². The van der Waals surface area contributed by atoms with Gasteiger partial charge in [0.1, 0.15) is 11.6 Å². The van der Waals surface area contributed by atoms with Crippen molar-refractivity contribution in [2.45, 2.75) is 31.7 Å². The van der Waals surface area contributed by atoms with E-state index in [4.69, 9.17) is 5.73 Å². The van der Waals surface area contributed by atoms with Crippen LogP contribution in [-0.2, 0) is 11.2 Å². The number of hydrogen-bond donors (Lipinski definition) is 2. The SMILES string of the molecule is CC(CN)(NC(=O)Cc1cc(F)ccc1F)C1CC1. The Morgan fingerprint density at radius 1 is 1.47 bits per heavy atom. The minimum absolute atomic E-state index is 0.0627. The maximum atomic E-state index is 13.4. The lowest BCUT2D eigenvalue weighted by molar-refractivity contribution is -0.122. The van der Waals surface area contributed by atoms with Crippen molar-refractivity contribution < 1.29 is 13.6 Å². The molecule has 1 amide bonds. The predicted molar refractivity (Wildman–Crippen MR) is 68.4 cm³/mol. The molecule has 0 aromatic heterocycles. The topological polar surface area (TPSA) is 55.1 Å². The van der Waals surface area contributed by atoms with Crippen LogP contribution in [0.5, 0.6) is 0 Å². The fourth-order valence-corrected chi connectivity index (χ4v) is 2.25. The van der Waals surface area contributed by atoms with E-state index in [2.05, 4.69) is 5.32 Å². The molecule has 104 valence electrons. The summed E-state index contributed by atoms with van der Waals surface area (Å²) in [5, 5.41) is 2.85. The highest BCUT2D eigenvalue weighted by molar-refractivity contribution is 5.79. The van der Waals surface area contributed by atoms with Gasteiger partial charge in [-0.3, -0.25) is 4.79 Å². The van der Waals surface area contributed by atoms with Gasteiger partial charge in [-0.05, 0) is 43.9 Å². The molecule has 5 heteroatoms. The Morgan fingerprint density at radius 2 is 2.16 bits per heavy atom. The lowest BCUT2D eigenvalue weighted by atomic mass is 9.95. The molecule has 1 fully saturated rings. The zero-order valence-corrected chi connectivity index (χ0v) is 10.9. The number of nitrogens with two attached hydrogens (primary N) is 1. The number of carbonyl (C=O) groups is 1. The highest BCUT2D eigenvalue weighted by atomic mass is 19.1. The van der Waals surface area contributed by atoms with Crippen LogP contribution in [0.15, 0.2) is 18.2 Å². The van der Waals surface area contributed by atoms with E-state index < -0.39 is 17.2 Å². The third kappa shape index (κ3) is 3.29. The van der Waals surface area contributed by atoms with Gasteiger partial charge < -0.3 is 11.1 Å². The molecular weight excluding hydrogens is 250 g/mol. The van der Waals surface area contributed by atoms with Gasteiger partial charge in [0.25, 0.3) is 0 Å². The summed E-state index contributed by atoms with van der Waals surface area (Å²) >= 11 is 0. The fourth-order valence-electron chi connectivity index (χ4n) is 2.25. The minimum Gasteiger partial charge on any atom is -0.349 e. The molecule has 1 saturated carbocycles. The maximum Gasteiger partial charge on any atom is 0.225 e. The van der Waals surface area contributed by atoms with E-state index in [9.17, 15) is 13.6 Å². The van der Waals surface area contributed by atoms with Crippen LogP contribution in [0, 0.1) is 17.6 Å². The van der Waals surface area contributed by atoms with Crippen LogP contribution in [0.25, 0.3) is 0 Å². The van der Waals surface area contributed by atoms with Crippen molar-refractivity contribution in [2.75, 3.05) is 6.54 Å². The van der Waals surface area contributed by atoms with Crippen molar-refractivity contribution in [3.05, 3.63) is 35.4 Å². The Kier molecular flexibility index (Phi) is 3.85. The molecule has 0 heterocycles. The lowest BCUT2D eigenvalue weighted by Gasteiger charge is -2.29. The quantitative estimate of drug-likeness (QED) is 0.855. The second kappa shape index (κ2) is 5.25. The molecule has 2 rings (SSSR count). The van der Waals surface area contributed by atoms with Crippen LogP contribution < -0.4 is 11.1 Å². The van der Waals surface area contributed by atoms with Gasteiger partial charge in [0.05, 0.1) is 12.0 Å². The lowest BCUT2D eigenvalue weighted by Crippen LogP contribution is -2.53.